The first-order valence-corrected chi connectivity index (χ1v) is 20.3. The minimum absolute atomic E-state index is 0. The van der Waals surface area contributed by atoms with Gasteiger partial charge in [-0.15, -0.1) is 0 Å². The van der Waals surface area contributed by atoms with Gasteiger partial charge in [-0.1, -0.05) is 24.3 Å². The first-order valence-electron chi connectivity index (χ1n) is 20.3. The molecule has 3 aromatic heterocycles. The van der Waals surface area contributed by atoms with E-state index in [1.165, 1.54) is 17.8 Å². The third-order valence-electron chi connectivity index (χ3n) is 11.0. The quantitative estimate of drug-likeness (QED) is 0.0597. The topological polar surface area (TPSA) is 214 Å². The molecule has 0 unspecified atom stereocenters. The normalized spacial score (nSPS) is 8.96. The summed E-state index contributed by atoms with van der Waals surface area (Å²) in [7, 11) is 0. The number of aryl methyl sites for hydroxylation is 6. The van der Waals surface area contributed by atoms with Crippen LogP contribution in [-0.4, -0.2) is 1520 Å². The summed E-state index contributed by atoms with van der Waals surface area (Å²) in [6.07, 6.45) is 10.2. The zero-order valence-electron chi connectivity index (χ0n) is 115. The van der Waals surface area contributed by atoms with Crippen LogP contribution in [0.2, 0.25) is 0 Å². The van der Waals surface area contributed by atoms with Gasteiger partial charge in [0.2, 0.25) is 16.3 Å². The fraction of sp³-hybridized carbons (Fsp3) is 0.333. The number of nitrogens with zero attached hydrogens (tertiary/aromatic N) is 4. The molecule has 0 amide bonds. The van der Waals surface area contributed by atoms with Gasteiger partial charge in [0, 0.05) is 55.4 Å². The van der Waals surface area contributed by atoms with E-state index in [-0.39, 0.29) is 1610 Å². The van der Waals surface area contributed by atoms with Crippen molar-refractivity contribution < 1.29 is 119 Å². The Kier molecular flexibility index (Phi) is 245. The number of pyridine rings is 3. The van der Waals surface area contributed by atoms with Crippen molar-refractivity contribution in [3.8, 4) is 0 Å². The Morgan fingerprint density at radius 2 is 0.714 bits per heavy atom. The zero-order chi connectivity index (χ0) is 43.5. The van der Waals surface area contributed by atoms with Crippen LogP contribution in [0.4, 0.5) is 11.4 Å². The Morgan fingerprint density at radius 3 is 1.04 bits per heavy atom. The van der Waals surface area contributed by atoms with Crippen LogP contribution in [0.25, 0.3) is 32.7 Å². The number of nitrogen functional groups attached to an aromatic ring is 1. The van der Waals surface area contributed by atoms with Crippen LogP contribution in [0.5, 0.6) is 0 Å². The largest absolute Gasteiger partial charge is 2.00 e. The van der Waals surface area contributed by atoms with Crippen molar-refractivity contribution >= 4 is 1530 Å². The van der Waals surface area contributed by atoms with Crippen molar-refractivity contribution in [2.24, 2.45) is 0 Å². The smallest absolute Gasteiger partial charge is 1.00 e. The number of benzene rings is 3. The van der Waals surface area contributed by atoms with Crippen LogP contribution in [-0.2, 0) is 53.1 Å². The molecule has 9 rings (SSSR count). The van der Waals surface area contributed by atoms with Crippen molar-refractivity contribution in [2.45, 2.75) is 78.9 Å². The molecule has 0 aliphatic carbocycles. The average molecular weight is 5010 g/mol. The monoisotopic (exact) mass is 5030 g/mol. The number of hydrogen-bond donors (Lipinski definition) is 1. The van der Waals surface area contributed by atoms with Crippen LogP contribution >= 0.6 is 0 Å². The maximum Gasteiger partial charge on any atom is 2.00 e. The summed E-state index contributed by atoms with van der Waals surface area (Å²) in [6, 6.07) is 12.4. The van der Waals surface area contributed by atoms with Gasteiger partial charge in [-0.25, -0.2) is 14.4 Å². The van der Waals surface area contributed by atoms with Gasteiger partial charge in [-0.3, -0.25) is 24.5 Å². The number of ether oxygens (including phenoxy) is 3. The number of nitrogens with two attached hydrogens (primary N) is 1. The molecule has 0 saturated heterocycles. The summed E-state index contributed by atoms with van der Waals surface area (Å²) >= 11 is 0. The number of para-hydroxylation sites is 1. The summed E-state index contributed by atoms with van der Waals surface area (Å²) in [6.45, 7) is 7.96. The van der Waals surface area contributed by atoms with E-state index in [9.17, 15) is 38.9 Å². The van der Waals surface area contributed by atoms with Gasteiger partial charge in [-0.05, 0) is 88.1 Å². The maximum atomic E-state index is 12.6. The van der Waals surface area contributed by atoms with Gasteiger partial charge in [-0.2, -0.15) is 0 Å². The number of carbonyl (C=O) groups is 3. The summed E-state index contributed by atoms with van der Waals surface area (Å²) < 4.78 is 20.5. The number of aromatic nitrogens is 3. The van der Waals surface area contributed by atoms with Crippen LogP contribution in [0.1, 0.15) is 173 Å². The molecular formula is C45H105Ba30N5O11. The number of anilines is 1. The molecular weight excluding hydrogens is 4910 g/mol. The molecule has 0 radical (unpaired) electrons. The second-order valence-corrected chi connectivity index (χ2v) is 14.7. The molecule has 3 aliphatic heterocycles. The first kappa shape index (κ1) is 193. The number of nitro groups is 1. The van der Waals surface area contributed by atoms with E-state index >= 15 is 0 Å². The van der Waals surface area contributed by atoms with Crippen molar-refractivity contribution in [1.82, 2.24) is 13.7 Å². The molecule has 0 saturated carbocycles. The predicted octanol–water partition coefficient (Wildman–Crippen LogP) is 1.19. The Morgan fingerprint density at radius 1 is 0.429 bits per heavy atom. The predicted molar refractivity (Wildman–Crippen MR) is 468 cm³/mol. The Bertz CT molecular complexity index is 3190. The zero-order valence-corrected chi connectivity index (χ0v) is 189. The van der Waals surface area contributed by atoms with E-state index in [2.05, 4.69) is 0 Å². The molecule has 3 aliphatic rings. The minimum atomic E-state index is -0.747. The molecule has 16 nitrogen and oxygen atoms in total. The number of nitro benzene ring substituents is 1. The molecule has 3 aromatic carbocycles. The number of hydrogen-bond acceptors (Lipinski definition) is 12. The molecule has 46 heteroatoms. The van der Waals surface area contributed by atoms with E-state index in [0.29, 0.717) is 28.5 Å². The second-order valence-electron chi connectivity index (χ2n) is 14.7. The standard InChI is InChI=1S/C15H14N2O5.C15H16N2O3.C15H15NO3.30Ba.60H/c1-2-22-15(19)10-8-16-7-3-4-9-5-6-11(17(20)21)12(13(9)16)14(10)18;1-2-20-15(19)10-8-17-7-3-4-9-5-6-11(16)12(13(9)17)14(10)18;1-2-19-15(18)12-9-16-8-4-6-10-5-3-7-11(13(10)16)14(12)17;;;;;;;;;;;;;;;;;;;;;;;;;;;;;;;;;;;;;;;;;;;;;;;;;;;;;;;;;;;;;;;;;;;;;;;;;;;;;;;;;;;;;;;;;;/h5-6,8H,2-4,7H2,1H3;5-6,8H,2-4,7,16H2,1H3;3,5,7,9H,2,4,6,8H2,1H3;;;;;;;;;;;;;;;;;;;;;;;;;;;;;;;;;;;;;;;;;;;;;;;;;;;;;;;;;;;;;;;;;;;;;;;;;;;;;;;;;;;;;;;;;;/q;;;30*+2;60*-1. The average Bonchev–Trinajstić information content (AvgIpc) is 3.25. The molecule has 0 fully saturated rings. The van der Waals surface area contributed by atoms with Gasteiger partial charge in [0.05, 0.1) is 46.7 Å². The van der Waals surface area contributed by atoms with Gasteiger partial charge < -0.3 is 119 Å². The Hall–Kier alpha value is 40.0. The Labute approximate surface area is 1830 Å². The summed E-state index contributed by atoms with van der Waals surface area (Å²) in [5.41, 5.74) is 10.5. The minimum Gasteiger partial charge on any atom is -1.00 e. The molecule has 91 heavy (non-hydrogen) atoms. The van der Waals surface area contributed by atoms with E-state index in [0.717, 1.165) is 73.8 Å². The number of non-ortho nitro benzene ring substituents is 1. The molecule has 6 aromatic rings. The molecule has 2 N–H and O–H groups in total. The number of esters is 3. The fourth-order valence-corrected chi connectivity index (χ4v) is 8.43. The molecule has 436 valence electrons. The summed E-state index contributed by atoms with van der Waals surface area (Å²) in [4.78, 5) is 83.9. The molecule has 0 bridgehead atoms. The number of rotatable bonds is 7. The van der Waals surface area contributed by atoms with E-state index in [4.69, 9.17) is 19.9 Å². The number of carbonyl (C=O) groups excluding carboxylic acids is 3. The van der Waals surface area contributed by atoms with Crippen molar-refractivity contribution in [2.75, 3.05) is 25.6 Å². The Balaban J connectivity index is -0.00000000419. The van der Waals surface area contributed by atoms with Crippen LogP contribution < -0.4 is 22.0 Å². The maximum absolute atomic E-state index is 12.6. The van der Waals surface area contributed by atoms with E-state index in [1.807, 2.05) is 27.3 Å². The second kappa shape index (κ2) is 115. The third-order valence-corrected chi connectivity index (χ3v) is 11.0. The third kappa shape index (κ3) is 66.5. The fourth-order valence-electron chi connectivity index (χ4n) is 8.43. The SMILES string of the molecule is CCOC(=O)c1cn2c3c(ccc(N)c3c1=O)CCC2.CCOC(=O)c1cn2c3c(ccc([N+](=O)[O-])c3c1=O)CCC2.CCOC(=O)c1cn2c3c(cccc3c1=O)CCC2.[Ba+2].[Ba+2].[Ba+2].[Ba+2].[Ba+2].[Ba+2].[Ba+2].[Ba+2].[Ba+2].[Ba+2].[Ba+2].[Ba+2].[Ba+2].[Ba+2].[Ba+2].[Ba+2].[Ba+2].[Ba+2].[Ba+2].[Ba+2].[Ba+2].[Ba+2].[Ba+2].[Ba+2].[Ba+2].[Ba+2].[Ba+2].[Ba+2].[Ba+2].[Ba+2].[H-].[H-].[H-].[H-].[H-].[H-].[H-].[H-].[H-].[H-].[H-].[H-].[H-].[H-].[H-].[H-].[H-].[H-].[H-].[H-].[H-].[H-].[H-].[H-].[H-].[H-].[H-].[H-].[H-].[H-].[H-].[H-].[H-].[H-].[H-].[H-].[H-].[H-].[H-].[H-].[H-].[H-].[H-].[H-].[H-].[H-].[H-].[H-].[H-].[H-].[H-].[H-].[H-].[H-].[H-].[H-].[H-].[H-].[H-].[H-]. The van der Waals surface area contributed by atoms with Gasteiger partial charge in [0.25, 0.3) is 5.69 Å². The van der Waals surface area contributed by atoms with E-state index < -0.39 is 28.3 Å². The summed E-state index contributed by atoms with van der Waals surface area (Å²) in [5.74, 6) is -1.86. The van der Waals surface area contributed by atoms with Gasteiger partial charge >= 0.3 is 1480 Å². The van der Waals surface area contributed by atoms with Crippen molar-refractivity contribution in [3.05, 3.63) is 135 Å². The molecule has 6 heterocycles. The van der Waals surface area contributed by atoms with Gasteiger partial charge in [0.1, 0.15) is 22.1 Å². The molecule has 0 atom stereocenters. The molecule has 0 spiro atoms. The van der Waals surface area contributed by atoms with Crippen molar-refractivity contribution in [1.29, 1.82) is 0 Å². The van der Waals surface area contributed by atoms with Crippen molar-refractivity contribution in [3.63, 3.8) is 0 Å². The van der Waals surface area contributed by atoms with E-state index in [1.54, 1.807) is 55.9 Å². The van der Waals surface area contributed by atoms with Crippen LogP contribution in [0.3, 0.4) is 0 Å². The van der Waals surface area contributed by atoms with Gasteiger partial charge in [0.15, 0.2) is 0 Å². The van der Waals surface area contributed by atoms with Crippen LogP contribution in [0.15, 0.2) is 75.4 Å². The first-order chi connectivity index (χ1) is 29.4. The van der Waals surface area contributed by atoms with Crippen LogP contribution in [0, 0.1) is 10.1 Å². The summed E-state index contributed by atoms with van der Waals surface area (Å²) in [5, 5.41) is 12.3.